The van der Waals surface area contributed by atoms with Crippen molar-refractivity contribution in [3.8, 4) is 0 Å². The molecular formula is C16H23F2NS. The minimum Gasteiger partial charge on any atom is -0.310 e. The van der Waals surface area contributed by atoms with Crippen LogP contribution in [-0.2, 0) is 0 Å². The smallest absolute Gasteiger partial charge is 0.163 e. The molecule has 0 aromatic heterocycles. The molecule has 2 rings (SSSR count). The summed E-state index contributed by atoms with van der Waals surface area (Å²) in [7, 11) is 0. The Morgan fingerprint density at radius 3 is 2.60 bits per heavy atom. The minimum atomic E-state index is -0.704. The van der Waals surface area contributed by atoms with Crippen LogP contribution >= 0.6 is 11.8 Å². The molecule has 1 aliphatic heterocycles. The molecule has 0 amide bonds. The van der Waals surface area contributed by atoms with Gasteiger partial charge in [-0.05, 0) is 55.7 Å². The third kappa shape index (κ3) is 3.73. The molecule has 1 fully saturated rings. The fraction of sp³-hybridized carbons (Fsp3) is 0.625. The molecule has 1 atom stereocenters. The van der Waals surface area contributed by atoms with E-state index >= 15 is 0 Å². The first-order valence-electron chi connectivity index (χ1n) is 7.39. The molecule has 0 bridgehead atoms. The maximum Gasteiger partial charge on any atom is 0.163 e. The van der Waals surface area contributed by atoms with Crippen LogP contribution in [0, 0.1) is 24.5 Å². The van der Waals surface area contributed by atoms with Crippen LogP contribution in [0.1, 0.15) is 43.4 Å². The fourth-order valence-corrected chi connectivity index (χ4v) is 4.02. The van der Waals surface area contributed by atoms with Crippen LogP contribution in [0.3, 0.4) is 0 Å². The molecule has 0 saturated carbocycles. The summed E-state index contributed by atoms with van der Waals surface area (Å²) in [6.45, 7) is 4.37. The molecule has 1 aromatic carbocycles. The first-order valence-corrected chi connectivity index (χ1v) is 8.54. The first-order chi connectivity index (χ1) is 9.63. The lowest BCUT2D eigenvalue weighted by molar-refractivity contribution is 0.362. The maximum atomic E-state index is 14.2. The molecule has 0 aliphatic carbocycles. The van der Waals surface area contributed by atoms with E-state index in [1.165, 1.54) is 24.3 Å². The summed E-state index contributed by atoms with van der Waals surface area (Å²) in [5.74, 6) is 1.61. The zero-order chi connectivity index (χ0) is 14.5. The van der Waals surface area contributed by atoms with Gasteiger partial charge in [0, 0.05) is 11.6 Å². The topological polar surface area (TPSA) is 12.0 Å². The van der Waals surface area contributed by atoms with E-state index < -0.39 is 11.6 Å². The summed E-state index contributed by atoms with van der Waals surface area (Å²) < 4.78 is 27.9. The molecule has 1 heterocycles. The van der Waals surface area contributed by atoms with Gasteiger partial charge in [0.15, 0.2) is 11.6 Å². The molecule has 1 N–H and O–H groups in total. The summed E-state index contributed by atoms with van der Waals surface area (Å²) in [4.78, 5) is 0. The van der Waals surface area contributed by atoms with E-state index in [0.29, 0.717) is 17.0 Å². The molecule has 0 radical (unpaired) electrons. The van der Waals surface area contributed by atoms with Crippen molar-refractivity contribution in [3.05, 3.63) is 34.9 Å². The highest BCUT2D eigenvalue weighted by atomic mass is 32.2. The molecule has 1 unspecified atom stereocenters. The van der Waals surface area contributed by atoms with Crippen LogP contribution in [0.2, 0.25) is 0 Å². The molecular weight excluding hydrogens is 276 g/mol. The maximum absolute atomic E-state index is 14.2. The molecule has 4 heteroatoms. The van der Waals surface area contributed by atoms with E-state index in [1.54, 1.807) is 19.1 Å². The molecule has 112 valence electrons. The highest BCUT2D eigenvalue weighted by Gasteiger charge is 2.23. The van der Waals surface area contributed by atoms with Crippen molar-refractivity contribution in [3.63, 3.8) is 0 Å². The predicted octanol–water partition coefficient (Wildman–Crippen LogP) is 4.46. The minimum absolute atomic E-state index is 0.0804. The van der Waals surface area contributed by atoms with Crippen LogP contribution in [0.5, 0.6) is 0 Å². The van der Waals surface area contributed by atoms with Gasteiger partial charge in [0.2, 0.25) is 0 Å². The second-order valence-electron chi connectivity index (χ2n) is 5.50. The van der Waals surface area contributed by atoms with Crippen molar-refractivity contribution in [2.24, 2.45) is 5.92 Å². The van der Waals surface area contributed by atoms with Gasteiger partial charge >= 0.3 is 0 Å². The average molecular weight is 299 g/mol. The van der Waals surface area contributed by atoms with Gasteiger partial charge in [-0.3, -0.25) is 0 Å². The summed E-state index contributed by atoms with van der Waals surface area (Å²) >= 11 is 1.99. The van der Waals surface area contributed by atoms with Crippen LogP contribution in [0.4, 0.5) is 8.78 Å². The van der Waals surface area contributed by atoms with Gasteiger partial charge < -0.3 is 5.32 Å². The van der Waals surface area contributed by atoms with Gasteiger partial charge in [-0.1, -0.05) is 19.1 Å². The number of hydrogen-bond acceptors (Lipinski definition) is 2. The first kappa shape index (κ1) is 15.8. The predicted molar refractivity (Wildman–Crippen MR) is 82.2 cm³/mol. The summed E-state index contributed by atoms with van der Waals surface area (Å²) in [6.07, 6.45) is 3.26. The van der Waals surface area contributed by atoms with Crippen LogP contribution in [-0.4, -0.2) is 18.1 Å². The lowest BCUT2D eigenvalue weighted by Gasteiger charge is -2.27. The number of hydrogen-bond donors (Lipinski definition) is 1. The zero-order valence-electron chi connectivity index (χ0n) is 12.2. The van der Waals surface area contributed by atoms with Crippen molar-refractivity contribution in [2.45, 2.75) is 39.2 Å². The standard InChI is InChI=1S/C16H23F2NS/c1-3-19-14(10-12-6-8-20-9-7-12)13-5-4-11(2)15(17)16(13)18/h4-5,12,14,19H,3,6-10H2,1-2H3. The Labute approximate surface area is 124 Å². The fourth-order valence-electron chi connectivity index (χ4n) is 2.81. The quantitative estimate of drug-likeness (QED) is 0.861. The Bertz CT molecular complexity index is 444. The van der Waals surface area contributed by atoms with Crippen molar-refractivity contribution < 1.29 is 8.78 Å². The van der Waals surface area contributed by atoms with Crippen molar-refractivity contribution in [1.82, 2.24) is 5.32 Å². The summed E-state index contributed by atoms with van der Waals surface area (Å²) in [6, 6.07) is 3.33. The molecule has 1 nitrogen and oxygen atoms in total. The van der Waals surface area contributed by atoms with Gasteiger partial charge in [-0.15, -0.1) is 0 Å². The van der Waals surface area contributed by atoms with Crippen molar-refractivity contribution in [1.29, 1.82) is 0 Å². The Morgan fingerprint density at radius 2 is 1.95 bits per heavy atom. The second-order valence-corrected chi connectivity index (χ2v) is 6.73. The normalized spacial score (nSPS) is 18.2. The van der Waals surface area contributed by atoms with E-state index in [9.17, 15) is 8.78 Å². The third-order valence-electron chi connectivity index (χ3n) is 4.04. The number of benzene rings is 1. The lowest BCUT2D eigenvalue weighted by atomic mass is 9.90. The highest BCUT2D eigenvalue weighted by molar-refractivity contribution is 7.99. The van der Waals surface area contributed by atoms with Crippen LogP contribution in [0.25, 0.3) is 0 Å². The largest absolute Gasteiger partial charge is 0.310 e. The zero-order valence-corrected chi connectivity index (χ0v) is 13.0. The number of aryl methyl sites for hydroxylation is 1. The summed E-state index contributed by atoms with van der Waals surface area (Å²) in [5.41, 5.74) is 0.851. The second kappa shape index (κ2) is 7.41. The van der Waals surface area contributed by atoms with E-state index in [0.717, 1.165) is 13.0 Å². The van der Waals surface area contributed by atoms with Crippen LogP contribution < -0.4 is 5.32 Å². The molecule has 1 saturated heterocycles. The monoisotopic (exact) mass is 299 g/mol. The number of halogens is 2. The van der Waals surface area contributed by atoms with E-state index in [4.69, 9.17) is 0 Å². The number of thioether (sulfide) groups is 1. The molecule has 0 spiro atoms. The van der Waals surface area contributed by atoms with E-state index in [2.05, 4.69) is 5.32 Å². The average Bonchev–Trinajstić information content (AvgIpc) is 2.46. The van der Waals surface area contributed by atoms with Crippen molar-refractivity contribution >= 4 is 11.8 Å². The van der Waals surface area contributed by atoms with Gasteiger partial charge in [0.1, 0.15) is 0 Å². The van der Waals surface area contributed by atoms with Crippen molar-refractivity contribution in [2.75, 3.05) is 18.1 Å². The van der Waals surface area contributed by atoms with Gasteiger partial charge in [0.05, 0.1) is 0 Å². The number of nitrogens with one attached hydrogen (secondary N) is 1. The molecule has 20 heavy (non-hydrogen) atoms. The van der Waals surface area contributed by atoms with Crippen LogP contribution in [0.15, 0.2) is 12.1 Å². The Balaban J connectivity index is 2.17. The Kier molecular flexibility index (Phi) is 5.85. The van der Waals surface area contributed by atoms with Gasteiger partial charge in [0.25, 0.3) is 0 Å². The Hall–Kier alpha value is -0.610. The summed E-state index contributed by atoms with van der Waals surface area (Å²) in [5, 5.41) is 3.32. The number of rotatable bonds is 5. The lowest BCUT2D eigenvalue weighted by Crippen LogP contribution is -2.26. The Morgan fingerprint density at radius 1 is 1.25 bits per heavy atom. The highest BCUT2D eigenvalue weighted by Crippen LogP contribution is 2.32. The van der Waals surface area contributed by atoms with E-state index in [-0.39, 0.29) is 6.04 Å². The molecule has 1 aromatic rings. The van der Waals surface area contributed by atoms with E-state index in [1.807, 2.05) is 18.7 Å². The van der Waals surface area contributed by atoms with Gasteiger partial charge in [-0.2, -0.15) is 11.8 Å². The molecule has 1 aliphatic rings. The third-order valence-corrected chi connectivity index (χ3v) is 5.09. The SMILES string of the molecule is CCNC(CC1CCSCC1)c1ccc(C)c(F)c1F. The van der Waals surface area contributed by atoms with Gasteiger partial charge in [-0.25, -0.2) is 8.78 Å².